The first kappa shape index (κ1) is 11.6. The largest absolute Gasteiger partial charge is 0.491 e. The molecule has 0 bridgehead atoms. The molecule has 2 nitrogen and oxygen atoms in total. The van der Waals surface area contributed by atoms with Gasteiger partial charge in [0.15, 0.2) is 6.29 Å². The van der Waals surface area contributed by atoms with Gasteiger partial charge in [0.05, 0.1) is 16.6 Å². The normalized spacial score (nSPS) is 9.86. The number of benzene rings is 1. The van der Waals surface area contributed by atoms with Crippen LogP contribution in [0.5, 0.6) is 5.75 Å². The van der Waals surface area contributed by atoms with Crippen LogP contribution in [0.4, 0.5) is 0 Å². The van der Waals surface area contributed by atoms with Crippen LogP contribution in [0.2, 0.25) is 0 Å². The summed E-state index contributed by atoms with van der Waals surface area (Å²) in [5, 5.41) is 0. The minimum Gasteiger partial charge on any atom is -0.491 e. The van der Waals surface area contributed by atoms with E-state index in [1.165, 1.54) is 0 Å². The summed E-state index contributed by atoms with van der Waals surface area (Å²) in [6.45, 7) is 0.616. The van der Waals surface area contributed by atoms with Gasteiger partial charge in [0.1, 0.15) is 5.75 Å². The molecule has 0 aliphatic heterocycles. The first-order valence-corrected chi connectivity index (χ1v) is 6.33. The summed E-state index contributed by atoms with van der Waals surface area (Å²) in [6.07, 6.45) is 2.82. The third-order valence-corrected chi connectivity index (χ3v) is 2.86. The predicted molar refractivity (Wildman–Crippen MR) is 63.4 cm³/mol. The van der Waals surface area contributed by atoms with Gasteiger partial charge in [-0.1, -0.05) is 6.07 Å². The first-order valence-electron chi connectivity index (χ1n) is 4.15. The van der Waals surface area contributed by atoms with E-state index in [9.17, 15) is 4.79 Å². The number of hydrogen-bond donors (Lipinski definition) is 0. The maximum atomic E-state index is 10.7. The Hall–Kier alpha value is -0.480. The van der Waals surface area contributed by atoms with Crippen molar-refractivity contribution in [1.29, 1.82) is 0 Å². The highest BCUT2D eigenvalue weighted by Gasteiger charge is 2.06. The molecule has 1 rings (SSSR count). The van der Waals surface area contributed by atoms with Gasteiger partial charge in [-0.3, -0.25) is 4.79 Å². The predicted octanol–water partition coefficient (Wildman–Crippen LogP) is 3.00. The molecule has 0 N–H and O–H groups in total. The Morgan fingerprint density at radius 3 is 3.00 bits per heavy atom. The van der Waals surface area contributed by atoms with Crippen LogP contribution < -0.4 is 4.74 Å². The third-order valence-electron chi connectivity index (χ3n) is 1.66. The van der Waals surface area contributed by atoms with E-state index >= 15 is 0 Å². The van der Waals surface area contributed by atoms with Crippen molar-refractivity contribution in [3.8, 4) is 5.75 Å². The smallest absolute Gasteiger partial charge is 0.153 e. The summed E-state index contributed by atoms with van der Waals surface area (Å²) >= 11 is 5.06. The molecule has 0 aliphatic rings. The Kier molecular flexibility index (Phi) is 5.04. The average Bonchev–Trinajstić information content (AvgIpc) is 2.20. The van der Waals surface area contributed by atoms with Crippen LogP contribution in [0, 0.1) is 0 Å². The van der Waals surface area contributed by atoms with Crippen LogP contribution in [0.15, 0.2) is 22.7 Å². The minimum atomic E-state index is 0.584. The SMILES string of the molecule is CSCCOc1c(Br)cccc1C=O. The fourth-order valence-corrected chi connectivity index (χ4v) is 1.74. The van der Waals surface area contributed by atoms with Crippen molar-refractivity contribution < 1.29 is 9.53 Å². The Morgan fingerprint density at radius 2 is 2.36 bits per heavy atom. The second-order valence-corrected chi connectivity index (χ2v) is 4.46. The molecule has 0 aromatic heterocycles. The second-order valence-electron chi connectivity index (χ2n) is 2.62. The molecule has 1 aromatic rings. The average molecular weight is 275 g/mol. The van der Waals surface area contributed by atoms with Crippen LogP contribution >= 0.6 is 27.7 Å². The number of carbonyl (C=O) groups is 1. The lowest BCUT2D eigenvalue weighted by molar-refractivity contribution is 0.111. The zero-order valence-electron chi connectivity index (χ0n) is 7.83. The number of halogens is 1. The lowest BCUT2D eigenvalue weighted by Gasteiger charge is -2.09. The molecule has 0 saturated heterocycles. The van der Waals surface area contributed by atoms with Crippen molar-refractivity contribution in [3.05, 3.63) is 28.2 Å². The summed E-state index contributed by atoms with van der Waals surface area (Å²) in [6, 6.07) is 5.42. The maximum absolute atomic E-state index is 10.7. The van der Waals surface area contributed by atoms with E-state index in [4.69, 9.17) is 4.74 Å². The van der Waals surface area contributed by atoms with Gasteiger partial charge in [-0.05, 0) is 34.3 Å². The number of ether oxygens (including phenoxy) is 1. The first-order chi connectivity index (χ1) is 6.79. The highest BCUT2D eigenvalue weighted by atomic mass is 79.9. The monoisotopic (exact) mass is 274 g/mol. The van der Waals surface area contributed by atoms with E-state index in [2.05, 4.69) is 15.9 Å². The van der Waals surface area contributed by atoms with Gasteiger partial charge in [0, 0.05) is 5.75 Å². The second kappa shape index (κ2) is 6.09. The minimum absolute atomic E-state index is 0.584. The molecule has 4 heteroatoms. The molecule has 0 unspecified atom stereocenters. The molecule has 1 aromatic carbocycles. The van der Waals surface area contributed by atoms with Gasteiger partial charge < -0.3 is 4.74 Å². The standard InChI is InChI=1S/C10H11BrO2S/c1-14-6-5-13-10-8(7-12)3-2-4-9(10)11/h2-4,7H,5-6H2,1H3. The van der Waals surface area contributed by atoms with E-state index in [-0.39, 0.29) is 0 Å². The zero-order valence-corrected chi connectivity index (χ0v) is 10.2. The number of carbonyl (C=O) groups excluding carboxylic acids is 1. The summed E-state index contributed by atoms with van der Waals surface area (Å²) in [5.74, 6) is 1.55. The molecule has 0 saturated carbocycles. The molecular weight excluding hydrogens is 264 g/mol. The molecule has 0 radical (unpaired) electrons. The topological polar surface area (TPSA) is 26.3 Å². The van der Waals surface area contributed by atoms with E-state index in [1.54, 1.807) is 17.8 Å². The van der Waals surface area contributed by atoms with Crippen LogP contribution in [-0.2, 0) is 0 Å². The van der Waals surface area contributed by atoms with E-state index < -0.39 is 0 Å². The van der Waals surface area contributed by atoms with Gasteiger partial charge in [0.2, 0.25) is 0 Å². The van der Waals surface area contributed by atoms with Crippen molar-refractivity contribution in [2.45, 2.75) is 0 Å². The van der Waals surface area contributed by atoms with Crippen molar-refractivity contribution >= 4 is 34.0 Å². The maximum Gasteiger partial charge on any atom is 0.153 e. The lowest BCUT2D eigenvalue weighted by atomic mass is 10.2. The van der Waals surface area contributed by atoms with Crippen LogP contribution in [0.25, 0.3) is 0 Å². The van der Waals surface area contributed by atoms with Crippen LogP contribution in [-0.4, -0.2) is 24.9 Å². The Labute approximate surface area is 96.2 Å². The van der Waals surface area contributed by atoms with Crippen molar-refractivity contribution in [1.82, 2.24) is 0 Å². The molecule has 0 atom stereocenters. The number of aldehydes is 1. The molecule has 0 spiro atoms. The molecule has 0 amide bonds. The van der Waals surface area contributed by atoms with Crippen molar-refractivity contribution in [2.75, 3.05) is 18.6 Å². The van der Waals surface area contributed by atoms with E-state index in [0.29, 0.717) is 17.9 Å². The molecular formula is C10H11BrO2S. The Morgan fingerprint density at radius 1 is 1.57 bits per heavy atom. The summed E-state index contributed by atoms with van der Waals surface area (Å²) in [5.41, 5.74) is 0.584. The fraction of sp³-hybridized carbons (Fsp3) is 0.300. The third kappa shape index (κ3) is 3.03. The van der Waals surface area contributed by atoms with Crippen molar-refractivity contribution in [3.63, 3.8) is 0 Å². The number of para-hydroxylation sites is 1. The number of hydrogen-bond acceptors (Lipinski definition) is 3. The Bertz CT molecular complexity index is 315. The number of rotatable bonds is 5. The van der Waals surface area contributed by atoms with Gasteiger partial charge >= 0.3 is 0 Å². The fourth-order valence-electron chi connectivity index (χ4n) is 0.998. The molecule has 0 fully saturated rings. The number of thioether (sulfide) groups is 1. The molecule has 76 valence electrons. The highest BCUT2D eigenvalue weighted by molar-refractivity contribution is 9.10. The van der Waals surface area contributed by atoms with Crippen molar-refractivity contribution in [2.24, 2.45) is 0 Å². The van der Waals surface area contributed by atoms with E-state index in [0.717, 1.165) is 16.5 Å². The van der Waals surface area contributed by atoms with Gasteiger partial charge in [-0.15, -0.1) is 0 Å². The van der Waals surface area contributed by atoms with Gasteiger partial charge in [-0.2, -0.15) is 11.8 Å². The van der Waals surface area contributed by atoms with Gasteiger partial charge in [-0.25, -0.2) is 0 Å². The summed E-state index contributed by atoms with van der Waals surface area (Å²) in [7, 11) is 0. The summed E-state index contributed by atoms with van der Waals surface area (Å²) in [4.78, 5) is 10.7. The molecule has 0 heterocycles. The van der Waals surface area contributed by atoms with E-state index in [1.807, 2.05) is 18.4 Å². The molecule has 0 aliphatic carbocycles. The Balaban J connectivity index is 2.77. The van der Waals surface area contributed by atoms with Crippen LogP contribution in [0.3, 0.4) is 0 Å². The van der Waals surface area contributed by atoms with Gasteiger partial charge in [0.25, 0.3) is 0 Å². The quantitative estimate of drug-likeness (QED) is 0.610. The zero-order chi connectivity index (χ0) is 10.4. The summed E-state index contributed by atoms with van der Waals surface area (Å²) < 4.78 is 6.32. The highest BCUT2D eigenvalue weighted by Crippen LogP contribution is 2.27. The lowest BCUT2D eigenvalue weighted by Crippen LogP contribution is -2.02. The van der Waals surface area contributed by atoms with Crippen LogP contribution in [0.1, 0.15) is 10.4 Å². The molecule has 14 heavy (non-hydrogen) atoms.